The largest absolute Gasteiger partial charge is 0.372 e. The van der Waals surface area contributed by atoms with Crippen molar-refractivity contribution in [1.29, 1.82) is 0 Å². The van der Waals surface area contributed by atoms with Gasteiger partial charge < -0.3 is 4.74 Å². The predicted molar refractivity (Wildman–Crippen MR) is 38.8 cm³/mol. The molecule has 3 atom stereocenters. The Hall–Kier alpha value is -0.110. The van der Waals surface area contributed by atoms with Gasteiger partial charge in [0.2, 0.25) is 0 Å². The smallest absolute Gasteiger partial charge is 0.136 e. The molecule has 2 heteroatoms. The summed E-state index contributed by atoms with van der Waals surface area (Å²) in [4.78, 5) is 0. The van der Waals surface area contributed by atoms with Crippen LogP contribution in [0.5, 0.6) is 0 Å². The average molecular weight is 146 g/mol. The fourth-order valence-corrected chi connectivity index (χ4v) is 1.33. The van der Waals surface area contributed by atoms with Crippen LogP contribution in [0.1, 0.15) is 33.6 Å². The van der Waals surface area contributed by atoms with Gasteiger partial charge in [0.1, 0.15) is 5.67 Å². The van der Waals surface area contributed by atoms with E-state index in [-0.39, 0.29) is 12.2 Å². The molecular formula is C8H15FO. The number of hydrogen-bond acceptors (Lipinski definition) is 1. The van der Waals surface area contributed by atoms with Crippen molar-refractivity contribution in [2.24, 2.45) is 0 Å². The Morgan fingerprint density at radius 3 is 2.50 bits per heavy atom. The Bertz CT molecular complexity index is 122. The van der Waals surface area contributed by atoms with E-state index in [1.807, 2.05) is 6.92 Å². The van der Waals surface area contributed by atoms with Gasteiger partial charge in [0.25, 0.3) is 0 Å². The maximum absolute atomic E-state index is 13.3. The lowest BCUT2D eigenvalue weighted by atomic mass is 9.98. The first kappa shape index (κ1) is 7.99. The summed E-state index contributed by atoms with van der Waals surface area (Å²) in [5.74, 6) is 0. The maximum atomic E-state index is 13.3. The number of ether oxygens (including phenoxy) is 1. The van der Waals surface area contributed by atoms with E-state index in [4.69, 9.17) is 4.74 Å². The van der Waals surface area contributed by atoms with Crippen LogP contribution < -0.4 is 0 Å². The second-order valence-corrected chi connectivity index (χ2v) is 3.29. The van der Waals surface area contributed by atoms with Gasteiger partial charge in [0.05, 0.1) is 12.2 Å². The molecule has 0 aromatic rings. The molecule has 1 saturated heterocycles. The quantitative estimate of drug-likeness (QED) is 0.551. The molecule has 0 amide bonds. The molecule has 1 heterocycles. The summed E-state index contributed by atoms with van der Waals surface area (Å²) >= 11 is 0. The normalized spacial score (nSPS) is 48.0. The van der Waals surface area contributed by atoms with Gasteiger partial charge in [-0.1, -0.05) is 6.92 Å². The van der Waals surface area contributed by atoms with Crippen molar-refractivity contribution in [3.05, 3.63) is 0 Å². The summed E-state index contributed by atoms with van der Waals surface area (Å²) < 4.78 is 18.7. The van der Waals surface area contributed by atoms with E-state index >= 15 is 0 Å². The summed E-state index contributed by atoms with van der Waals surface area (Å²) in [5, 5.41) is 0. The van der Waals surface area contributed by atoms with Crippen molar-refractivity contribution in [2.45, 2.75) is 51.5 Å². The first-order valence-electron chi connectivity index (χ1n) is 3.90. The topological polar surface area (TPSA) is 9.23 Å². The molecule has 0 spiro atoms. The van der Waals surface area contributed by atoms with Crippen LogP contribution in [0.25, 0.3) is 0 Å². The van der Waals surface area contributed by atoms with Crippen LogP contribution in [0.2, 0.25) is 0 Å². The lowest BCUT2D eigenvalue weighted by Crippen LogP contribution is -2.26. The monoisotopic (exact) mass is 146 g/mol. The standard InChI is InChI=1S/C8H15FO/c1-4-7-5-8(3,9)6(2)10-7/h6-7H,4-5H2,1-3H3/t6-,7?,8-/m1/s1. The van der Waals surface area contributed by atoms with Crippen LogP contribution in [0.4, 0.5) is 4.39 Å². The highest BCUT2D eigenvalue weighted by molar-refractivity contribution is 4.90. The zero-order valence-corrected chi connectivity index (χ0v) is 6.86. The molecule has 1 aliphatic heterocycles. The van der Waals surface area contributed by atoms with Crippen LogP contribution in [-0.2, 0) is 4.74 Å². The average Bonchev–Trinajstić information content (AvgIpc) is 2.08. The van der Waals surface area contributed by atoms with E-state index in [0.29, 0.717) is 6.42 Å². The molecule has 0 radical (unpaired) electrons. The highest BCUT2D eigenvalue weighted by Crippen LogP contribution is 2.34. The molecule has 1 fully saturated rings. The van der Waals surface area contributed by atoms with Crippen LogP contribution in [0.3, 0.4) is 0 Å². The minimum Gasteiger partial charge on any atom is -0.372 e. The van der Waals surface area contributed by atoms with Crippen LogP contribution in [0, 0.1) is 0 Å². The molecular weight excluding hydrogens is 131 g/mol. The zero-order chi connectivity index (χ0) is 7.78. The minimum absolute atomic E-state index is 0.144. The summed E-state index contributed by atoms with van der Waals surface area (Å²) in [6.07, 6.45) is 1.40. The van der Waals surface area contributed by atoms with Crippen molar-refractivity contribution in [3.8, 4) is 0 Å². The molecule has 0 bridgehead atoms. The Balaban J connectivity index is 2.53. The highest BCUT2D eigenvalue weighted by Gasteiger charge is 2.41. The van der Waals surface area contributed by atoms with Gasteiger partial charge in [-0.25, -0.2) is 4.39 Å². The number of alkyl halides is 1. The van der Waals surface area contributed by atoms with E-state index in [0.717, 1.165) is 6.42 Å². The molecule has 0 N–H and O–H groups in total. The van der Waals surface area contributed by atoms with E-state index in [1.54, 1.807) is 13.8 Å². The molecule has 0 aliphatic carbocycles. The third kappa shape index (κ3) is 1.31. The SMILES string of the molecule is CCC1C[C@@](C)(F)[C@@H](C)O1. The first-order chi connectivity index (χ1) is 4.56. The van der Waals surface area contributed by atoms with Crippen molar-refractivity contribution in [2.75, 3.05) is 0 Å². The molecule has 1 rings (SSSR count). The lowest BCUT2D eigenvalue weighted by molar-refractivity contribution is 0.0147. The molecule has 60 valence electrons. The molecule has 0 aromatic heterocycles. The van der Waals surface area contributed by atoms with E-state index in [1.165, 1.54) is 0 Å². The fourth-order valence-electron chi connectivity index (χ4n) is 1.33. The van der Waals surface area contributed by atoms with Crippen LogP contribution in [-0.4, -0.2) is 17.9 Å². The predicted octanol–water partition coefficient (Wildman–Crippen LogP) is 2.30. The van der Waals surface area contributed by atoms with Gasteiger partial charge >= 0.3 is 0 Å². The fraction of sp³-hybridized carbons (Fsp3) is 1.00. The van der Waals surface area contributed by atoms with Crippen molar-refractivity contribution >= 4 is 0 Å². The van der Waals surface area contributed by atoms with Gasteiger partial charge in [0.15, 0.2) is 0 Å². The van der Waals surface area contributed by atoms with Gasteiger partial charge in [-0.3, -0.25) is 0 Å². The summed E-state index contributed by atoms with van der Waals surface area (Å²) in [6.45, 7) is 5.45. The second kappa shape index (κ2) is 2.50. The van der Waals surface area contributed by atoms with Gasteiger partial charge in [-0.05, 0) is 20.3 Å². The Morgan fingerprint density at radius 1 is 1.70 bits per heavy atom. The second-order valence-electron chi connectivity index (χ2n) is 3.29. The van der Waals surface area contributed by atoms with E-state index < -0.39 is 5.67 Å². The summed E-state index contributed by atoms with van der Waals surface area (Å²) in [7, 11) is 0. The third-order valence-corrected chi connectivity index (χ3v) is 2.33. The molecule has 0 saturated carbocycles. The van der Waals surface area contributed by atoms with Crippen molar-refractivity contribution in [1.82, 2.24) is 0 Å². The Labute approximate surface area is 61.6 Å². The summed E-state index contributed by atoms with van der Waals surface area (Å²) in [5.41, 5.74) is -1.10. The molecule has 1 unspecified atom stereocenters. The number of halogens is 1. The molecule has 0 aromatic carbocycles. The van der Waals surface area contributed by atoms with Crippen molar-refractivity contribution in [3.63, 3.8) is 0 Å². The van der Waals surface area contributed by atoms with E-state index in [2.05, 4.69) is 0 Å². The lowest BCUT2D eigenvalue weighted by Gasteiger charge is -2.15. The zero-order valence-electron chi connectivity index (χ0n) is 6.86. The van der Waals surface area contributed by atoms with Gasteiger partial charge in [-0.15, -0.1) is 0 Å². The Morgan fingerprint density at radius 2 is 2.30 bits per heavy atom. The maximum Gasteiger partial charge on any atom is 0.136 e. The van der Waals surface area contributed by atoms with Crippen molar-refractivity contribution < 1.29 is 9.13 Å². The number of rotatable bonds is 1. The highest BCUT2D eigenvalue weighted by atomic mass is 19.1. The first-order valence-corrected chi connectivity index (χ1v) is 3.90. The molecule has 1 nitrogen and oxygen atoms in total. The Kier molecular flexibility index (Phi) is 1.99. The van der Waals surface area contributed by atoms with Gasteiger partial charge in [0, 0.05) is 6.42 Å². The molecule has 10 heavy (non-hydrogen) atoms. The van der Waals surface area contributed by atoms with Crippen LogP contribution in [0.15, 0.2) is 0 Å². The summed E-state index contributed by atoms with van der Waals surface area (Å²) in [6, 6.07) is 0. The van der Waals surface area contributed by atoms with E-state index in [9.17, 15) is 4.39 Å². The minimum atomic E-state index is -1.10. The molecule has 1 aliphatic rings. The van der Waals surface area contributed by atoms with Crippen LogP contribution >= 0.6 is 0 Å². The van der Waals surface area contributed by atoms with Gasteiger partial charge in [-0.2, -0.15) is 0 Å². The number of hydrogen-bond donors (Lipinski definition) is 0. The third-order valence-electron chi connectivity index (χ3n) is 2.33.